The van der Waals surface area contributed by atoms with Crippen molar-refractivity contribution < 1.29 is 81.6 Å². The Kier molecular flexibility index (Phi) is 13.0. The number of ether oxygens (including phenoxy) is 9. The van der Waals surface area contributed by atoms with E-state index in [-0.39, 0.29) is 5.75 Å². The van der Waals surface area contributed by atoms with Crippen molar-refractivity contribution in [2.75, 3.05) is 13.2 Å². The second-order valence-electron chi connectivity index (χ2n) is 10.7. The first-order chi connectivity index (χ1) is 22.1. The first-order valence-corrected chi connectivity index (χ1v) is 14.5. The van der Waals surface area contributed by atoms with Crippen LogP contribution in [0.2, 0.25) is 0 Å². The zero-order valence-electron chi connectivity index (χ0n) is 26.5. The summed E-state index contributed by atoms with van der Waals surface area (Å²) in [5, 5.41) is 21.4. The lowest BCUT2D eigenvalue weighted by atomic mass is 9.90. The van der Waals surface area contributed by atoms with Crippen LogP contribution in [0.5, 0.6) is 5.75 Å². The molecule has 2 heterocycles. The third-order valence-corrected chi connectivity index (χ3v) is 6.87. The molecule has 2 aliphatic rings. The van der Waals surface area contributed by atoms with Crippen LogP contribution in [0.1, 0.15) is 53.2 Å². The van der Waals surface area contributed by atoms with E-state index in [1.54, 1.807) is 0 Å². The first-order valence-electron chi connectivity index (χ1n) is 14.5. The van der Waals surface area contributed by atoms with Crippen LogP contribution >= 0.6 is 0 Å². The summed E-state index contributed by atoms with van der Waals surface area (Å²) in [5.74, 6) is -4.98. The van der Waals surface area contributed by atoms with E-state index in [1.807, 2.05) is 0 Å². The molecule has 17 heteroatoms. The third-order valence-electron chi connectivity index (χ3n) is 6.87. The molecule has 10 atom stereocenters. The van der Waals surface area contributed by atoms with Crippen LogP contribution in [0, 0.1) is 0 Å². The van der Waals surface area contributed by atoms with Gasteiger partial charge in [0.05, 0.1) is 0 Å². The molecular weight excluding hydrogens is 632 g/mol. The molecule has 3 rings (SSSR count). The lowest BCUT2D eigenvalue weighted by molar-refractivity contribution is -0.345. The van der Waals surface area contributed by atoms with Gasteiger partial charge in [0.1, 0.15) is 49.5 Å². The van der Waals surface area contributed by atoms with Crippen LogP contribution in [-0.2, 0) is 71.4 Å². The van der Waals surface area contributed by atoms with Gasteiger partial charge in [0.15, 0.2) is 30.7 Å². The highest BCUT2D eigenvalue weighted by atomic mass is 16.7. The van der Waals surface area contributed by atoms with Gasteiger partial charge in [-0.15, -0.1) is 0 Å². The van der Waals surface area contributed by atoms with Gasteiger partial charge in [0.25, 0.3) is 0 Å². The highest BCUT2D eigenvalue weighted by molar-refractivity contribution is 5.69. The number of carbonyl (C=O) groups excluding carboxylic acids is 6. The number of aromatic hydroxyl groups is 1. The van der Waals surface area contributed by atoms with Crippen molar-refractivity contribution in [3.63, 3.8) is 0 Å². The van der Waals surface area contributed by atoms with Gasteiger partial charge in [-0.3, -0.25) is 28.8 Å². The van der Waals surface area contributed by atoms with Crippen molar-refractivity contribution in [2.45, 2.75) is 103 Å². The average molecular weight is 671 g/mol. The van der Waals surface area contributed by atoms with E-state index in [1.165, 1.54) is 24.3 Å². The van der Waals surface area contributed by atoms with E-state index in [2.05, 4.69) is 0 Å². The van der Waals surface area contributed by atoms with Gasteiger partial charge in [0, 0.05) is 41.5 Å². The molecule has 2 N–H and O–H groups in total. The predicted octanol–water partition coefficient (Wildman–Crippen LogP) is 0.156. The number of aliphatic hydroxyl groups is 1. The number of hydrogen-bond acceptors (Lipinski definition) is 17. The predicted molar refractivity (Wildman–Crippen MR) is 151 cm³/mol. The fourth-order valence-electron chi connectivity index (χ4n) is 5.14. The Bertz CT molecular complexity index is 1300. The minimum atomic E-state index is -1.76. The molecular formula is C30H38O17. The van der Waals surface area contributed by atoms with Crippen molar-refractivity contribution in [1.82, 2.24) is 0 Å². The summed E-state index contributed by atoms with van der Waals surface area (Å²) >= 11 is 0. The fraction of sp³-hybridized carbons (Fsp3) is 0.600. The Balaban J connectivity index is 2.13. The summed E-state index contributed by atoms with van der Waals surface area (Å²) in [5.41, 5.74) is 0.333. The normalized spacial score (nSPS) is 30.3. The summed E-state index contributed by atoms with van der Waals surface area (Å²) < 4.78 is 50.2. The summed E-state index contributed by atoms with van der Waals surface area (Å²) in [6, 6.07) is 5.56. The number of carbonyl (C=O) groups is 6. The van der Waals surface area contributed by atoms with Gasteiger partial charge >= 0.3 is 35.8 Å². The Labute approximate surface area is 269 Å². The number of rotatable bonds is 11. The molecule has 47 heavy (non-hydrogen) atoms. The minimum absolute atomic E-state index is 0.0846. The summed E-state index contributed by atoms with van der Waals surface area (Å²) in [4.78, 5) is 72.2. The first kappa shape index (κ1) is 37.1. The van der Waals surface area contributed by atoms with E-state index in [4.69, 9.17) is 42.6 Å². The summed E-state index contributed by atoms with van der Waals surface area (Å²) in [7, 11) is 0. The molecule has 0 aliphatic carbocycles. The van der Waals surface area contributed by atoms with Gasteiger partial charge in [-0.2, -0.15) is 0 Å². The topological polar surface area (TPSA) is 226 Å². The maximum Gasteiger partial charge on any atom is 0.303 e. The second-order valence-corrected chi connectivity index (χ2v) is 10.7. The molecule has 0 amide bonds. The molecule has 0 bridgehead atoms. The number of hydrogen-bond donors (Lipinski definition) is 2. The molecule has 0 aromatic heterocycles. The zero-order chi connectivity index (χ0) is 35.0. The molecule has 0 spiro atoms. The summed E-state index contributed by atoms with van der Waals surface area (Å²) in [6.07, 6.45) is -15.1. The third kappa shape index (κ3) is 10.3. The molecule has 1 aromatic rings. The lowest BCUT2D eigenvalue weighted by Gasteiger charge is -2.48. The van der Waals surface area contributed by atoms with Gasteiger partial charge in [-0.1, -0.05) is 12.1 Å². The van der Waals surface area contributed by atoms with E-state index in [9.17, 15) is 39.0 Å². The van der Waals surface area contributed by atoms with Gasteiger partial charge < -0.3 is 52.8 Å². The Morgan fingerprint density at radius 3 is 1.49 bits per heavy atom. The summed E-state index contributed by atoms with van der Waals surface area (Å²) in [6.45, 7) is 5.45. The van der Waals surface area contributed by atoms with Crippen LogP contribution < -0.4 is 0 Å². The Morgan fingerprint density at radius 2 is 1.02 bits per heavy atom. The molecule has 17 nitrogen and oxygen atoms in total. The van der Waals surface area contributed by atoms with Crippen molar-refractivity contribution in [3.8, 4) is 5.75 Å². The maximum atomic E-state index is 12.3. The molecule has 260 valence electrons. The molecule has 2 aliphatic heterocycles. The number of benzene rings is 1. The van der Waals surface area contributed by atoms with Crippen LogP contribution in [-0.4, -0.2) is 114 Å². The molecule has 0 radical (unpaired) electrons. The quantitative estimate of drug-likeness (QED) is 0.236. The van der Waals surface area contributed by atoms with Gasteiger partial charge in [0.2, 0.25) is 0 Å². The van der Waals surface area contributed by atoms with Gasteiger partial charge in [-0.25, -0.2) is 0 Å². The number of phenolic OH excluding ortho intramolecular Hbond substituents is 1. The van der Waals surface area contributed by atoms with Crippen molar-refractivity contribution in [2.24, 2.45) is 0 Å². The number of phenols is 1. The Morgan fingerprint density at radius 1 is 0.596 bits per heavy atom. The standard InChI is InChI=1S/C30H38O17/c1-13(31)39-11-21-25(41-15(3)33)27(23(38)24(45-21)19-7-9-20(37)10-8-19)47-30-29(44-18(6)36)28(43-17(5)35)26(42-16(4)34)22(46-30)12-40-14(2)32/h7-10,21-30,37-38H,11-12H2,1-6H3/t21-,22-,23-,24-,25-,26-,27-,28+,29+,30-/m1/s1. The maximum absolute atomic E-state index is 12.3. The Hall–Kier alpha value is -4.32. The largest absolute Gasteiger partial charge is 0.508 e. The van der Waals surface area contributed by atoms with Crippen molar-refractivity contribution in [3.05, 3.63) is 29.8 Å². The molecule has 2 fully saturated rings. The molecule has 1 aromatic carbocycles. The van der Waals surface area contributed by atoms with Crippen LogP contribution in [0.4, 0.5) is 0 Å². The molecule has 2 saturated heterocycles. The van der Waals surface area contributed by atoms with Crippen molar-refractivity contribution >= 4 is 35.8 Å². The zero-order valence-corrected chi connectivity index (χ0v) is 26.5. The lowest BCUT2D eigenvalue weighted by Crippen LogP contribution is -2.66. The van der Waals surface area contributed by atoms with E-state index in [0.29, 0.717) is 5.56 Å². The van der Waals surface area contributed by atoms with E-state index in [0.717, 1.165) is 41.5 Å². The number of esters is 6. The smallest absolute Gasteiger partial charge is 0.303 e. The highest BCUT2D eigenvalue weighted by Gasteiger charge is 2.56. The number of aliphatic hydroxyl groups excluding tert-OH is 1. The minimum Gasteiger partial charge on any atom is -0.508 e. The second kappa shape index (κ2) is 16.5. The molecule has 0 unspecified atom stereocenters. The average Bonchev–Trinajstić information content (AvgIpc) is 2.96. The van der Waals surface area contributed by atoms with E-state index < -0.39 is 110 Å². The monoisotopic (exact) mass is 670 g/mol. The highest BCUT2D eigenvalue weighted by Crippen LogP contribution is 2.39. The van der Waals surface area contributed by atoms with Crippen molar-refractivity contribution in [1.29, 1.82) is 0 Å². The molecule has 0 saturated carbocycles. The van der Waals surface area contributed by atoms with Crippen LogP contribution in [0.15, 0.2) is 24.3 Å². The SMILES string of the molecule is CC(=O)OC[C@H]1O[C@H](O[C@@H]2[C@H](O)[C@@H](c3ccc(O)cc3)O[C@H](COC(C)=O)[C@H]2OC(C)=O)[C@@H](OC(C)=O)[C@@H](OC(C)=O)[C@@H]1OC(C)=O. The van der Waals surface area contributed by atoms with E-state index >= 15 is 0 Å². The fourth-order valence-corrected chi connectivity index (χ4v) is 5.14. The van der Waals surface area contributed by atoms with Gasteiger partial charge in [-0.05, 0) is 17.7 Å². The van der Waals surface area contributed by atoms with Crippen LogP contribution in [0.3, 0.4) is 0 Å². The van der Waals surface area contributed by atoms with Crippen LogP contribution in [0.25, 0.3) is 0 Å².